The molecule has 0 aliphatic heterocycles. The minimum atomic E-state index is -3.60. The van der Waals surface area contributed by atoms with Crippen molar-refractivity contribution >= 4 is 15.7 Å². The van der Waals surface area contributed by atoms with Gasteiger partial charge in [-0.05, 0) is 7.05 Å². The second-order valence-corrected chi connectivity index (χ2v) is 5.32. The summed E-state index contributed by atoms with van der Waals surface area (Å²) in [7, 11) is -1.78. The summed E-state index contributed by atoms with van der Waals surface area (Å²) in [6.07, 6.45) is 5.66. The zero-order chi connectivity index (χ0) is 13.0. The lowest BCUT2D eigenvalue weighted by molar-refractivity contribution is 0.582. The van der Waals surface area contributed by atoms with E-state index in [4.69, 9.17) is 0 Å². The summed E-state index contributed by atoms with van der Waals surface area (Å²) in [4.78, 5) is 0.125. The average Bonchev–Trinajstić information content (AvgIpc) is 2.96. The predicted octanol–water partition coefficient (Wildman–Crippen LogP) is -0.374. The summed E-state index contributed by atoms with van der Waals surface area (Å²) in [6.45, 7) is 1.33. The molecule has 2 rings (SSSR count). The van der Waals surface area contributed by atoms with Crippen molar-refractivity contribution in [2.24, 2.45) is 0 Å². The fraction of sp³-hybridized carbons (Fsp3) is 0.333. The van der Waals surface area contributed by atoms with Crippen molar-refractivity contribution in [3.8, 4) is 0 Å². The predicted molar refractivity (Wildman–Crippen MR) is 65.5 cm³/mol. The molecule has 0 atom stereocenters. The first-order valence-corrected chi connectivity index (χ1v) is 6.79. The first kappa shape index (κ1) is 12.6. The maximum absolute atomic E-state index is 12.0. The molecule has 0 amide bonds. The van der Waals surface area contributed by atoms with Crippen LogP contribution in [0.4, 0.5) is 5.69 Å². The van der Waals surface area contributed by atoms with Gasteiger partial charge in [-0.1, -0.05) is 0 Å². The zero-order valence-corrected chi connectivity index (χ0v) is 10.6. The van der Waals surface area contributed by atoms with Crippen LogP contribution < -0.4 is 10.0 Å². The van der Waals surface area contributed by atoms with Crippen LogP contribution in [0, 0.1) is 0 Å². The van der Waals surface area contributed by atoms with Crippen LogP contribution in [0.1, 0.15) is 0 Å². The van der Waals surface area contributed by atoms with Gasteiger partial charge in [-0.25, -0.2) is 8.42 Å². The van der Waals surface area contributed by atoms with Crippen LogP contribution in [0.25, 0.3) is 0 Å². The van der Waals surface area contributed by atoms with Gasteiger partial charge in [0.05, 0.1) is 24.6 Å². The number of nitrogens with one attached hydrogen (secondary N) is 3. The van der Waals surface area contributed by atoms with Gasteiger partial charge in [0.15, 0.2) is 0 Å². The van der Waals surface area contributed by atoms with Crippen LogP contribution in [0.3, 0.4) is 0 Å². The fourth-order valence-electron chi connectivity index (χ4n) is 1.35. The summed E-state index contributed by atoms with van der Waals surface area (Å²) in [6, 6.07) is 0. The number of H-pyrrole nitrogens is 1. The van der Waals surface area contributed by atoms with Crippen molar-refractivity contribution in [2.75, 3.05) is 18.3 Å². The van der Waals surface area contributed by atoms with Gasteiger partial charge < -0.3 is 5.32 Å². The molecule has 98 valence electrons. The van der Waals surface area contributed by atoms with E-state index in [1.165, 1.54) is 24.8 Å². The van der Waals surface area contributed by atoms with Crippen LogP contribution >= 0.6 is 0 Å². The molecule has 0 unspecified atom stereocenters. The highest BCUT2D eigenvalue weighted by Crippen LogP contribution is 2.13. The fourth-order valence-corrected chi connectivity index (χ4v) is 2.34. The number of likely N-dealkylation sites (N-methyl/N-ethyl adjacent to an activating group) is 1. The molecule has 0 radical (unpaired) electrons. The molecule has 0 aromatic carbocycles. The molecule has 8 nitrogen and oxygen atoms in total. The highest BCUT2D eigenvalue weighted by atomic mass is 32.2. The number of hydrogen-bond donors (Lipinski definition) is 3. The largest absolute Gasteiger partial charge is 0.318 e. The van der Waals surface area contributed by atoms with Crippen molar-refractivity contribution in [1.82, 2.24) is 25.3 Å². The van der Waals surface area contributed by atoms with Crippen molar-refractivity contribution < 1.29 is 8.42 Å². The Morgan fingerprint density at radius 2 is 2.28 bits per heavy atom. The van der Waals surface area contributed by atoms with Crippen molar-refractivity contribution in [1.29, 1.82) is 0 Å². The molecule has 2 aromatic rings. The Labute approximate surface area is 104 Å². The maximum Gasteiger partial charge on any atom is 0.265 e. The lowest BCUT2D eigenvalue weighted by Gasteiger charge is -2.02. The van der Waals surface area contributed by atoms with Crippen LogP contribution in [0.2, 0.25) is 0 Å². The van der Waals surface area contributed by atoms with E-state index in [0.29, 0.717) is 12.2 Å². The first-order valence-electron chi connectivity index (χ1n) is 5.30. The normalized spacial score (nSPS) is 11.6. The Kier molecular flexibility index (Phi) is 3.63. The van der Waals surface area contributed by atoms with E-state index in [1.807, 2.05) is 7.05 Å². The molecule has 2 heterocycles. The van der Waals surface area contributed by atoms with Gasteiger partial charge in [0.1, 0.15) is 4.90 Å². The second-order valence-electron chi connectivity index (χ2n) is 3.64. The molecule has 9 heteroatoms. The molecular formula is C9H14N6O2S. The SMILES string of the molecule is CNCCn1cc(S(=O)(=O)Nc2cn[nH]c2)cn1. The van der Waals surface area contributed by atoms with Gasteiger partial charge >= 0.3 is 0 Å². The lowest BCUT2D eigenvalue weighted by Crippen LogP contribution is -2.15. The Hall–Kier alpha value is -1.87. The van der Waals surface area contributed by atoms with E-state index < -0.39 is 10.0 Å². The summed E-state index contributed by atoms with van der Waals surface area (Å²) in [5.41, 5.74) is 0.387. The van der Waals surface area contributed by atoms with E-state index in [-0.39, 0.29) is 4.90 Å². The third-order valence-corrected chi connectivity index (χ3v) is 3.60. The molecule has 0 saturated carbocycles. The number of aromatic nitrogens is 4. The zero-order valence-electron chi connectivity index (χ0n) is 9.79. The van der Waals surface area contributed by atoms with Crippen molar-refractivity contribution in [3.63, 3.8) is 0 Å². The van der Waals surface area contributed by atoms with Crippen LogP contribution in [-0.4, -0.2) is 42.0 Å². The van der Waals surface area contributed by atoms with Crippen LogP contribution in [-0.2, 0) is 16.6 Å². The molecule has 2 aromatic heterocycles. The van der Waals surface area contributed by atoms with Crippen molar-refractivity contribution in [2.45, 2.75) is 11.4 Å². The molecule has 0 saturated heterocycles. The van der Waals surface area contributed by atoms with Crippen LogP contribution in [0.15, 0.2) is 29.7 Å². The Morgan fingerprint density at radius 3 is 2.94 bits per heavy atom. The summed E-state index contributed by atoms with van der Waals surface area (Å²) in [5.74, 6) is 0. The molecule has 0 fully saturated rings. The number of anilines is 1. The van der Waals surface area contributed by atoms with Crippen LogP contribution in [0.5, 0.6) is 0 Å². The van der Waals surface area contributed by atoms with Gasteiger partial charge in [-0.3, -0.25) is 14.5 Å². The number of hydrogen-bond acceptors (Lipinski definition) is 5. The third-order valence-electron chi connectivity index (χ3n) is 2.26. The van der Waals surface area contributed by atoms with Gasteiger partial charge in [0.25, 0.3) is 10.0 Å². The number of aromatic amines is 1. The number of rotatable bonds is 6. The Morgan fingerprint density at radius 1 is 1.44 bits per heavy atom. The molecular weight excluding hydrogens is 256 g/mol. The third kappa shape index (κ3) is 2.87. The molecule has 0 bridgehead atoms. The van der Waals surface area contributed by atoms with E-state index in [2.05, 4.69) is 25.3 Å². The minimum absolute atomic E-state index is 0.125. The van der Waals surface area contributed by atoms with E-state index in [1.54, 1.807) is 4.68 Å². The van der Waals surface area contributed by atoms with Gasteiger partial charge in [-0.15, -0.1) is 0 Å². The standard InChI is InChI=1S/C9H14N6O2S/c1-10-2-3-15-7-9(6-13-15)18(16,17)14-8-4-11-12-5-8/h4-7,10,14H,2-3H2,1H3,(H,11,12). The quantitative estimate of drug-likeness (QED) is 0.664. The monoisotopic (exact) mass is 270 g/mol. The van der Waals surface area contributed by atoms with Gasteiger partial charge in [0, 0.05) is 18.9 Å². The molecule has 18 heavy (non-hydrogen) atoms. The van der Waals surface area contributed by atoms with Crippen molar-refractivity contribution in [3.05, 3.63) is 24.8 Å². The van der Waals surface area contributed by atoms with E-state index in [9.17, 15) is 8.42 Å². The molecule has 0 aliphatic carbocycles. The Bertz CT molecular complexity index is 588. The van der Waals surface area contributed by atoms with E-state index in [0.717, 1.165) is 6.54 Å². The Balaban J connectivity index is 2.12. The smallest absolute Gasteiger partial charge is 0.265 e. The lowest BCUT2D eigenvalue weighted by atomic mass is 10.6. The second kappa shape index (κ2) is 5.19. The number of sulfonamides is 1. The van der Waals surface area contributed by atoms with Gasteiger partial charge in [-0.2, -0.15) is 10.2 Å². The molecule has 3 N–H and O–H groups in total. The summed E-state index contributed by atoms with van der Waals surface area (Å²) >= 11 is 0. The average molecular weight is 270 g/mol. The van der Waals surface area contributed by atoms with E-state index >= 15 is 0 Å². The minimum Gasteiger partial charge on any atom is -0.318 e. The summed E-state index contributed by atoms with van der Waals surface area (Å²) < 4.78 is 27.9. The highest BCUT2D eigenvalue weighted by Gasteiger charge is 2.16. The molecule has 0 aliphatic rings. The topological polar surface area (TPSA) is 105 Å². The highest BCUT2D eigenvalue weighted by molar-refractivity contribution is 7.92. The summed E-state index contributed by atoms with van der Waals surface area (Å²) in [5, 5.41) is 13.1. The first-order chi connectivity index (χ1) is 8.62. The van der Waals surface area contributed by atoms with Gasteiger partial charge in [0.2, 0.25) is 0 Å². The number of nitrogens with zero attached hydrogens (tertiary/aromatic N) is 3. The molecule has 0 spiro atoms. The maximum atomic E-state index is 12.0.